The Morgan fingerprint density at radius 1 is 1.13 bits per heavy atom. The SMILES string of the molecule is O=C1CCCC2=C1C(c1cccnc1)C1=C(CCCS1(=O)=O)N2. The first kappa shape index (κ1) is 14.6. The Morgan fingerprint density at radius 3 is 2.74 bits per heavy atom. The molecule has 0 saturated carbocycles. The maximum atomic E-state index is 12.7. The van der Waals surface area contributed by atoms with Crippen LogP contribution in [0.15, 0.2) is 46.4 Å². The lowest BCUT2D eigenvalue weighted by Crippen LogP contribution is -2.37. The predicted octanol–water partition coefficient (Wildman–Crippen LogP) is 2.20. The quantitative estimate of drug-likeness (QED) is 0.854. The van der Waals surface area contributed by atoms with Gasteiger partial charge in [0.25, 0.3) is 0 Å². The summed E-state index contributed by atoms with van der Waals surface area (Å²) in [7, 11) is -3.35. The Bertz CT molecular complexity index is 838. The van der Waals surface area contributed by atoms with Crippen molar-refractivity contribution in [2.45, 2.75) is 38.0 Å². The third-order valence-corrected chi connectivity index (χ3v) is 6.78. The van der Waals surface area contributed by atoms with E-state index in [1.807, 2.05) is 6.07 Å². The summed E-state index contributed by atoms with van der Waals surface area (Å²) in [4.78, 5) is 17.1. The van der Waals surface area contributed by atoms with E-state index in [2.05, 4.69) is 10.3 Å². The van der Waals surface area contributed by atoms with Crippen molar-refractivity contribution in [2.75, 3.05) is 5.75 Å². The van der Waals surface area contributed by atoms with Crippen molar-refractivity contribution >= 4 is 15.6 Å². The molecule has 5 nitrogen and oxygen atoms in total. The van der Waals surface area contributed by atoms with Gasteiger partial charge in [0.05, 0.1) is 16.6 Å². The number of rotatable bonds is 1. The van der Waals surface area contributed by atoms with Gasteiger partial charge in [0.1, 0.15) is 0 Å². The van der Waals surface area contributed by atoms with Crippen molar-refractivity contribution < 1.29 is 13.2 Å². The Balaban J connectivity index is 1.96. The largest absolute Gasteiger partial charge is 0.361 e. The van der Waals surface area contributed by atoms with Gasteiger partial charge in [-0.25, -0.2) is 8.42 Å². The maximum Gasteiger partial charge on any atom is 0.177 e. The van der Waals surface area contributed by atoms with Crippen molar-refractivity contribution in [1.82, 2.24) is 10.3 Å². The molecule has 1 aliphatic carbocycles. The lowest BCUT2D eigenvalue weighted by atomic mass is 9.79. The fraction of sp³-hybridized carbons (Fsp3) is 0.412. The summed E-state index contributed by atoms with van der Waals surface area (Å²) in [5, 5.41) is 3.28. The molecule has 0 radical (unpaired) electrons. The second-order valence-corrected chi connectivity index (χ2v) is 8.36. The second-order valence-electron chi connectivity index (χ2n) is 6.28. The van der Waals surface area contributed by atoms with E-state index in [4.69, 9.17) is 0 Å². The fourth-order valence-corrected chi connectivity index (χ4v) is 5.73. The maximum absolute atomic E-state index is 12.7. The average Bonchev–Trinajstić information content (AvgIpc) is 2.54. The van der Waals surface area contributed by atoms with Gasteiger partial charge in [0, 0.05) is 35.8 Å². The number of carbonyl (C=O) groups excluding carboxylic acids is 1. The molecule has 0 aromatic carbocycles. The molecule has 1 unspecified atom stereocenters. The summed E-state index contributed by atoms with van der Waals surface area (Å²) in [6, 6.07) is 3.66. The highest BCUT2D eigenvalue weighted by molar-refractivity contribution is 7.95. The summed E-state index contributed by atoms with van der Waals surface area (Å²) in [5.74, 6) is -0.283. The van der Waals surface area contributed by atoms with E-state index in [0.717, 1.165) is 36.2 Å². The molecule has 0 bridgehead atoms. The molecule has 1 aromatic heterocycles. The van der Waals surface area contributed by atoms with Crippen LogP contribution in [0.25, 0.3) is 0 Å². The van der Waals surface area contributed by atoms with Gasteiger partial charge >= 0.3 is 0 Å². The van der Waals surface area contributed by atoms with Crippen LogP contribution in [-0.2, 0) is 14.6 Å². The Hall–Kier alpha value is -1.95. The number of pyridine rings is 1. The number of ketones is 1. The number of Topliss-reactive ketones (excluding diaryl/α,β-unsaturated/α-hetero) is 1. The van der Waals surface area contributed by atoms with E-state index in [1.165, 1.54) is 0 Å². The standard InChI is InChI=1S/C17H18N2O3S/c20-14-7-1-5-12-16(14)15(11-4-2-8-18-10-11)17-13(19-12)6-3-9-23(17,21)22/h2,4,8,10,15,19H,1,3,5-7,9H2. The summed E-state index contributed by atoms with van der Waals surface area (Å²) < 4.78 is 25.5. The molecule has 2 aliphatic heterocycles. The van der Waals surface area contributed by atoms with E-state index in [-0.39, 0.29) is 11.5 Å². The number of hydrogen-bond acceptors (Lipinski definition) is 5. The highest BCUT2D eigenvalue weighted by Crippen LogP contribution is 2.46. The molecule has 1 aromatic rings. The van der Waals surface area contributed by atoms with Gasteiger partial charge < -0.3 is 5.32 Å². The molecule has 6 heteroatoms. The van der Waals surface area contributed by atoms with Crippen LogP contribution >= 0.6 is 0 Å². The molecule has 4 rings (SSSR count). The number of nitrogens with one attached hydrogen (secondary N) is 1. The number of dihydropyridines is 1. The molecule has 120 valence electrons. The van der Waals surface area contributed by atoms with Crippen LogP contribution in [0.4, 0.5) is 0 Å². The lowest BCUT2D eigenvalue weighted by molar-refractivity contribution is -0.116. The van der Waals surface area contributed by atoms with Gasteiger partial charge in [-0.15, -0.1) is 0 Å². The second kappa shape index (κ2) is 5.30. The third-order valence-electron chi connectivity index (χ3n) is 4.80. The first-order valence-electron chi connectivity index (χ1n) is 7.97. The number of nitrogens with zero attached hydrogens (tertiary/aromatic N) is 1. The number of sulfone groups is 1. The van der Waals surface area contributed by atoms with Gasteiger partial charge in [0.2, 0.25) is 0 Å². The molecule has 0 amide bonds. The molecule has 0 spiro atoms. The van der Waals surface area contributed by atoms with E-state index in [9.17, 15) is 13.2 Å². The zero-order valence-corrected chi connectivity index (χ0v) is 13.5. The van der Waals surface area contributed by atoms with Crippen molar-refractivity contribution in [3.05, 3.63) is 52.0 Å². The highest BCUT2D eigenvalue weighted by Gasteiger charge is 2.42. The first-order chi connectivity index (χ1) is 11.1. The van der Waals surface area contributed by atoms with Gasteiger partial charge in [0.15, 0.2) is 15.6 Å². The molecule has 1 N–H and O–H groups in total. The zero-order valence-electron chi connectivity index (χ0n) is 12.7. The number of aromatic nitrogens is 1. The minimum atomic E-state index is -3.35. The Morgan fingerprint density at radius 2 is 1.96 bits per heavy atom. The van der Waals surface area contributed by atoms with Crippen molar-refractivity contribution in [1.29, 1.82) is 0 Å². The van der Waals surface area contributed by atoms with Crippen molar-refractivity contribution in [3.63, 3.8) is 0 Å². The first-order valence-corrected chi connectivity index (χ1v) is 9.62. The molecule has 1 atom stereocenters. The van der Waals surface area contributed by atoms with E-state index >= 15 is 0 Å². The monoisotopic (exact) mass is 330 g/mol. The molecular formula is C17H18N2O3S. The lowest BCUT2D eigenvalue weighted by Gasteiger charge is -2.37. The molecule has 0 fully saturated rings. The van der Waals surface area contributed by atoms with Crippen LogP contribution in [0.1, 0.15) is 43.6 Å². The van der Waals surface area contributed by atoms with Gasteiger partial charge in [-0.05, 0) is 37.3 Å². The summed E-state index contributed by atoms with van der Waals surface area (Å²) >= 11 is 0. The summed E-state index contributed by atoms with van der Waals surface area (Å²) in [6.45, 7) is 0. The fourth-order valence-electron chi connectivity index (χ4n) is 3.84. The van der Waals surface area contributed by atoms with Gasteiger partial charge in [-0.3, -0.25) is 9.78 Å². The van der Waals surface area contributed by atoms with Crippen LogP contribution in [0, 0.1) is 0 Å². The summed E-state index contributed by atoms with van der Waals surface area (Å²) in [6.07, 6.45) is 6.79. The molecule has 23 heavy (non-hydrogen) atoms. The molecule has 3 aliphatic rings. The van der Waals surface area contributed by atoms with Gasteiger partial charge in [-0.2, -0.15) is 0 Å². The number of allylic oxidation sites excluding steroid dienone is 4. The average molecular weight is 330 g/mol. The Kier molecular flexibility index (Phi) is 3.37. The minimum Gasteiger partial charge on any atom is -0.361 e. The van der Waals surface area contributed by atoms with Crippen molar-refractivity contribution in [2.24, 2.45) is 0 Å². The smallest absolute Gasteiger partial charge is 0.177 e. The zero-order chi connectivity index (χ0) is 16.0. The van der Waals surface area contributed by atoms with Crippen LogP contribution in [-0.4, -0.2) is 24.9 Å². The van der Waals surface area contributed by atoms with E-state index in [1.54, 1.807) is 18.5 Å². The molecular weight excluding hydrogens is 312 g/mol. The predicted molar refractivity (Wildman–Crippen MR) is 86.0 cm³/mol. The highest BCUT2D eigenvalue weighted by atomic mass is 32.2. The Labute approximate surface area is 135 Å². The van der Waals surface area contributed by atoms with Gasteiger partial charge in [-0.1, -0.05) is 6.07 Å². The van der Waals surface area contributed by atoms with E-state index in [0.29, 0.717) is 23.3 Å². The van der Waals surface area contributed by atoms with Crippen LogP contribution in [0.5, 0.6) is 0 Å². The normalized spacial score (nSPS) is 26.4. The molecule has 3 heterocycles. The van der Waals surface area contributed by atoms with Crippen LogP contribution < -0.4 is 5.32 Å². The molecule has 0 saturated heterocycles. The summed E-state index contributed by atoms with van der Waals surface area (Å²) in [5.41, 5.74) is 3.10. The minimum absolute atomic E-state index is 0.0555. The number of hydrogen-bond donors (Lipinski definition) is 1. The third kappa shape index (κ3) is 2.32. The van der Waals surface area contributed by atoms with E-state index < -0.39 is 15.8 Å². The van der Waals surface area contributed by atoms with Crippen LogP contribution in [0.2, 0.25) is 0 Å². The van der Waals surface area contributed by atoms with Crippen molar-refractivity contribution in [3.8, 4) is 0 Å². The van der Waals surface area contributed by atoms with Crippen LogP contribution in [0.3, 0.4) is 0 Å². The number of carbonyl (C=O) groups is 1. The topological polar surface area (TPSA) is 76.1 Å².